The van der Waals surface area contributed by atoms with Gasteiger partial charge in [0.15, 0.2) is 20.6 Å². The van der Waals surface area contributed by atoms with Crippen molar-refractivity contribution in [1.29, 1.82) is 0 Å². The summed E-state index contributed by atoms with van der Waals surface area (Å²) in [5.41, 5.74) is 6.24. The second-order valence-corrected chi connectivity index (χ2v) is 9.84. The summed E-state index contributed by atoms with van der Waals surface area (Å²) in [6.45, 7) is -0.380. The normalized spacial score (nSPS) is 16.1. The maximum Gasteiger partial charge on any atom is 0.435 e. The summed E-state index contributed by atoms with van der Waals surface area (Å²) in [5, 5.41) is 14.2. The maximum absolute atomic E-state index is 13.1. The fourth-order valence-corrected chi connectivity index (χ4v) is 4.13. The molecule has 1 aromatic rings. The van der Waals surface area contributed by atoms with E-state index in [0.717, 1.165) is 7.05 Å². The number of carbonyl (C=O) groups is 2. The number of carboxylic acid groups (broad SMARTS) is 1. The summed E-state index contributed by atoms with van der Waals surface area (Å²) in [7, 11) is -3.43. The van der Waals surface area contributed by atoms with E-state index >= 15 is 0 Å². The van der Waals surface area contributed by atoms with Gasteiger partial charge in [-0.2, -0.15) is 27.1 Å². The van der Waals surface area contributed by atoms with Gasteiger partial charge in [-0.15, -0.1) is 0 Å². The third kappa shape index (κ3) is 8.93. The number of carboxylic acids is 1. The predicted molar refractivity (Wildman–Crippen MR) is 109 cm³/mol. The van der Waals surface area contributed by atoms with E-state index in [9.17, 15) is 40.0 Å². The lowest BCUT2D eigenvalue weighted by molar-refractivity contribution is -0.142. The third-order valence-corrected chi connectivity index (χ3v) is 5.85. The number of hydrogen-bond donors (Lipinski definition) is 3. The third-order valence-electron chi connectivity index (χ3n) is 4.24. The lowest BCUT2D eigenvalue weighted by Crippen LogP contribution is -2.31. The van der Waals surface area contributed by atoms with Gasteiger partial charge in [-0.05, 0) is 20.3 Å². The van der Waals surface area contributed by atoms with Crippen LogP contribution in [0.15, 0.2) is 5.16 Å². The van der Waals surface area contributed by atoms with Crippen LogP contribution in [0, 0.1) is 0 Å². The molecular formula is C17H24F5N5O7S. The van der Waals surface area contributed by atoms with Crippen molar-refractivity contribution in [2.45, 2.75) is 63.3 Å². The topological polar surface area (TPSA) is 189 Å². The number of oxime groups is 1. The lowest BCUT2D eigenvalue weighted by Gasteiger charge is -2.13. The van der Waals surface area contributed by atoms with Crippen LogP contribution in [0.25, 0.3) is 0 Å². The number of hydrogen-bond acceptors (Lipinski definition) is 9. The Morgan fingerprint density at radius 2 is 1.89 bits per heavy atom. The molecule has 5 N–H and O–H groups in total. The zero-order chi connectivity index (χ0) is 27.4. The van der Waals surface area contributed by atoms with Gasteiger partial charge in [-0.3, -0.25) is 9.59 Å². The Morgan fingerprint density at radius 3 is 2.29 bits per heavy atom. The van der Waals surface area contributed by atoms with Gasteiger partial charge in [0, 0.05) is 19.9 Å². The molecule has 1 aliphatic heterocycles. The van der Waals surface area contributed by atoms with Gasteiger partial charge in [0.05, 0.1) is 11.3 Å². The summed E-state index contributed by atoms with van der Waals surface area (Å²) < 4.78 is 93.4. The van der Waals surface area contributed by atoms with Gasteiger partial charge in [-0.1, -0.05) is 5.16 Å². The number of rotatable bonds is 8. The average molecular weight is 537 g/mol. The second kappa shape index (κ2) is 11.1. The first-order chi connectivity index (χ1) is 15.8. The SMILES string of the molecule is Cn1nc(C(F)(F)F)c(CS(=O)(=O)C2=NOC(C)(C)C2)c1OC(F)F.NC(=O)CCC(N)C(=O)O. The number of aromatic nitrogens is 2. The highest BCUT2D eigenvalue weighted by atomic mass is 32.2. The Bertz CT molecular complexity index is 1070. The minimum Gasteiger partial charge on any atom is -0.480 e. The van der Waals surface area contributed by atoms with E-state index in [1.807, 2.05) is 0 Å². The molecular weight excluding hydrogens is 513 g/mol. The average Bonchev–Trinajstić information content (AvgIpc) is 3.20. The van der Waals surface area contributed by atoms with Crippen molar-refractivity contribution in [3.63, 3.8) is 0 Å². The van der Waals surface area contributed by atoms with Crippen LogP contribution < -0.4 is 16.2 Å². The zero-order valence-electron chi connectivity index (χ0n) is 18.7. The molecule has 2 rings (SSSR count). The van der Waals surface area contributed by atoms with Crippen LogP contribution in [0.1, 0.15) is 44.4 Å². The van der Waals surface area contributed by atoms with E-state index in [0.29, 0.717) is 4.68 Å². The number of nitrogens with zero attached hydrogens (tertiary/aromatic N) is 3. The highest BCUT2D eigenvalue weighted by molar-refractivity contribution is 8.05. The largest absolute Gasteiger partial charge is 0.480 e. The number of amides is 1. The molecule has 35 heavy (non-hydrogen) atoms. The molecule has 1 amide bonds. The Kier molecular flexibility index (Phi) is 9.56. The summed E-state index contributed by atoms with van der Waals surface area (Å²) >= 11 is 0. The van der Waals surface area contributed by atoms with Crippen molar-refractivity contribution in [1.82, 2.24) is 9.78 Å². The molecule has 0 saturated heterocycles. The minimum atomic E-state index is -5.06. The molecule has 2 heterocycles. The number of alkyl halides is 5. The van der Waals surface area contributed by atoms with Gasteiger partial charge in [-0.25, -0.2) is 13.1 Å². The fraction of sp³-hybridized carbons (Fsp3) is 0.647. The van der Waals surface area contributed by atoms with Crippen molar-refractivity contribution >= 4 is 26.8 Å². The number of primary amides is 1. The van der Waals surface area contributed by atoms with Crippen LogP contribution in [0.5, 0.6) is 5.88 Å². The first-order valence-corrected chi connectivity index (χ1v) is 11.2. The van der Waals surface area contributed by atoms with Crippen molar-refractivity contribution < 1.29 is 54.6 Å². The molecule has 200 valence electrons. The van der Waals surface area contributed by atoms with E-state index in [-0.39, 0.29) is 19.3 Å². The number of ether oxygens (including phenoxy) is 1. The number of nitrogens with two attached hydrogens (primary N) is 2. The quantitative estimate of drug-likeness (QED) is 0.408. The fourth-order valence-electron chi connectivity index (χ4n) is 2.61. The van der Waals surface area contributed by atoms with Gasteiger partial charge < -0.3 is 26.1 Å². The minimum absolute atomic E-state index is 0.0213. The molecule has 1 aromatic heterocycles. The van der Waals surface area contributed by atoms with Crippen LogP contribution in [-0.2, 0) is 43.2 Å². The number of carbonyl (C=O) groups excluding carboxylic acids is 1. The van der Waals surface area contributed by atoms with Crippen LogP contribution in [0.3, 0.4) is 0 Å². The first-order valence-electron chi connectivity index (χ1n) is 9.59. The molecule has 0 aromatic carbocycles. The molecule has 0 spiro atoms. The summed E-state index contributed by atoms with van der Waals surface area (Å²) in [6.07, 6.45) is -5.10. The number of sulfone groups is 1. The number of aryl methyl sites for hydroxylation is 1. The molecule has 0 aliphatic carbocycles. The van der Waals surface area contributed by atoms with Crippen molar-refractivity contribution in [3.05, 3.63) is 11.3 Å². The van der Waals surface area contributed by atoms with Crippen LogP contribution in [0.2, 0.25) is 0 Å². The Balaban J connectivity index is 0.000000518. The van der Waals surface area contributed by atoms with Crippen LogP contribution >= 0.6 is 0 Å². The molecule has 1 atom stereocenters. The Labute approximate surface area is 195 Å². The molecule has 12 nitrogen and oxygen atoms in total. The van der Waals surface area contributed by atoms with E-state index in [4.69, 9.17) is 21.4 Å². The Morgan fingerprint density at radius 1 is 1.31 bits per heavy atom. The second-order valence-electron chi connectivity index (χ2n) is 7.85. The number of aliphatic carboxylic acids is 1. The van der Waals surface area contributed by atoms with Crippen molar-refractivity contribution in [3.8, 4) is 5.88 Å². The van der Waals surface area contributed by atoms with E-state index < -0.39 is 74.1 Å². The van der Waals surface area contributed by atoms with E-state index in [1.165, 1.54) is 13.8 Å². The molecule has 0 bridgehead atoms. The summed E-state index contributed by atoms with van der Waals surface area (Å²) in [6, 6.07) is -0.979. The van der Waals surface area contributed by atoms with E-state index in [2.05, 4.69) is 15.0 Å². The Hall–Kier alpha value is -3.02. The van der Waals surface area contributed by atoms with Gasteiger partial charge >= 0.3 is 18.8 Å². The van der Waals surface area contributed by atoms with E-state index in [1.54, 1.807) is 0 Å². The predicted octanol–water partition coefficient (Wildman–Crippen LogP) is 1.13. The molecule has 0 radical (unpaired) electrons. The zero-order valence-corrected chi connectivity index (χ0v) is 19.5. The van der Waals surface area contributed by atoms with Crippen molar-refractivity contribution in [2.24, 2.45) is 23.7 Å². The maximum atomic E-state index is 13.1. The molecule has 0 fully saturated rings. The molecule has 18 heteroatoms. The monoisotopic (exact) mass is 537 g/mol. The number of halogens is 5. The molecule has 1 aliphatic rings. The molecule has 1 unspecified atom stereocenters. The summed E-state index contributed by atoms with van der Waals surface area (Å²) in [5.74, 6) is -3.88. The van der Waals surface area contributed by atoms with Crippen LogP contribution in [-0.4, -0.2) is 58.5 Å². The first kappa shape index (κ1) is 30.0. The lowest BCUT2D eigenvalue weighted by atomic mass is 10.1. The highest BCUT2D eigenvalue weighted by Crippen LogP contribution is 2.38. The molecule has 0 saturated carbocycles. The van der Waals surface area contributed by atoms with Gasteiger partial charge in [0.2, 0.25) is 11.8 Å². The van der Waals surface area contributed by atoms with Crippen LogP contribution in [0.4, 0.5) is 22.0 Å². The summed E-state index contributed by atoms with van der Waals surface area (Å²) in [4.78, 5) is 25.0. The highest BCUT2D eigenvalue weighted by Gasteiger charge is 2.43. The standard InChI is InChI=1S/C12H14F5N3O4S.C5H10N2O3/c1-11(2)4-7(19-24-11)25(21,22)5-6-8(12(15,16)17)18-20(3)9(6)23-10(13)14;6-3(5(9)10)1-2-4(7)8/h10H,4-5H2,1-3H3;3H,1-2,6H2,(H2,7,8)(H,9,10). The van der Waals surface area contributed by atoms with Gasteiger partial charge in [0.25, 0.3) is 0 Å². The van der Waals surface area contributed by atoms with Gasteiger partial charge in [0.1, 0.15) is 11.6 Å². The van der Waals surface area contributed by atoms with Crippen molar-refractivity contribution in [2.75, 3.05) is 0 Å². The smallest absolute Gasteiger partial charge is 0.435 e.